The molecule has 1 aromatic carbocycles. The summed E-state index contributed by atoms with van der Waals surface area (Å²) in [7, 11) is 2.76. The molecule has 8 heteroatoms. The fourth-order valence-electron chi connectivity index (χ4n) is 4.46. The fraction of sp³-hybridized carbons (Fsp3) is 0.364. The topological polar surface area (TPSA) is 123 Å². The minimum absolute atomic E-state index is 0.108. The molecule has 2 aliphatic heterocycles. The second kappa shape index (κ2) is 8.03. The Kier molecular flexibility index (Phi) is 5.65. The Labute approximate surface area is 174 Å². The van der Waals surface area contributed by atoms with Crippen LogP contribution >= 0.6 is 0 Å². The molecule has 0 spiro atoms. The third kappa shape index (κ3) is 3.22. The molecule has 2 N–H and O–H groups in total. The van der Waals surface area contributed by atoms with Crippen molar-refractivity contribution in [2.45, 2.75) is 31.3 Å². The average molecular weight is 409 g/mol. The predicted molar refractivity (Wildman–Crippen MR) is 107 cm³/mol. The van der Waals surface area contributed by atoms with Gasteiger partial charge in [0.15, 0.2) is 11.2 Å². The van der Waals surface area contributed by atoms with E-state index in [0.29, 0.717) is 16.9 Å². The van der Waals surface area contributed by atoms with E-state index in [0.717, 1.165) is 0 Å². The van der Waals surface area contributed by atoms with Gasteiger partial charge in [-0.2, -0.15) is 5.26 Å². The van der Waals surface area contributed by atoms with Crippen LogP contribution in [0.1, 0.15) is 24.8 Å². The lowest BCUT2D eigenvalue weighted by molar-refractivity contribution is -0.150. The highest BCUT2D eigenvalue weighted by atomic mass is 16.5. The first-order valence-corrected chi connectivity index (χ1v) is 9.40. The van der Waals surface area contributed by atoms with Crippen LogP contribution in [0, 0.1) is 16.7 Å². The fourth-order valence-corrected chi connectivity index (χ4v) is 4.46. The second-order valence-electron chi connectivity index (χ2n) is 7.35. The van der Waals surface area contributed by atoms with Gasteiger partial charge < -0.3 is 20.1 Å². The van der Waals surface area contributed by atoms with Gasteiger partial charge in [-0.1, -0.05) is 24.3 Å². The molecule has 156 valence electrons. The molecular formula is C22H23N3O5. The summed E-state index contributed by atoms with van der Waals surface area (Å²) < 4.78 is 10.3. The molecule has 0 radical (unpaired) electrons. The molecule has 1 aromatic rings. The van der Waals surface area contributed by atoms with Crippen LogP contribution in [0.25, 0.3) is 0 Å². The van der Waals surface area contributed by atoms with Crippen LogP contribution in [0.2, 0.25) is 0 Å². The maximum atomic E-state index is 13.0. The number of ketones is 1. The number of esters is 1. The van der Waals surface area contributed by atoms with Crippen molar-refractivity contribution in [3.8, 4) is 11.8 Å². The SMILES string of the molecule is COC(=O)C1(C#N)C(c2ccc(OC)cc2)C(CC(N)=O)N2C=C(C(C)=O)C=CC21. The van der Waals surface area contributed by atoms with Gasteiger partial charge in [-0.3, -0.25) is 14.4 Å². The molecule has 3 rings (SSSR count). The predicted octanol–water partition coefficient (Wildman–Crippen LogP) is 1.43. The molecule has 2 heterocycles. The molecule has 4 unspecified atom stereocenters. The number of fused-ring (bicyclic) bond motifs is 1. The Morgan fingerprint density at radius 3 is 2.40 bits per heavy atom. The summed E-state index contributed by atoms with van der Waals surface area (Å²) in [5, 5.41) is 10.3. The zero-order chi connectivity index (χ0) is 22.1. The van der Waals surface area contributed by atoms with Crippen molar-refractivity contribution in [3.05, 3.63) is 53.8 Å². The van der Waals surface area contributed by atoms with Crippen LogP contribution in [0.3, 0.4) is 0 Å². The summed E-state index contributed by atoms with van der Waals surface area (Å²) in [5.74, 6) is -1.58. The monoisotopic (exact) mass is 409 g/mol. The number of nitrogens with zero attached hydrogens (tertiary/aromatic N) is 2. The van der Waals surface area contributed by atoms with Gasteiger partial charge in [-0.05, 0) is 24.6 Å². The molecule has 8 nitrogen and oxygen atoms in total. The van der Waals surface area contributed by atoms with Crippen LogP contribution in [0.4, 0.5) is 0 Å². The maximum Gasteiger partial charge on any atom is 0.329 e. The van der Waals surface area contributed by atoms with E-state index in [2.05, 4.69) is 6.07 Å². The molecule has 1 amide bonds. The van der Waals surface area contributed by atoms with Crippen LogP contribution < -0.4 is 10.5 Å². The Morgan fingerprint density at radius 2 is 1.90 bits per heavy atom. The number of methoxy groups -OCH3 is 2. The molecule has 4 atom stereocenters. The van der Waals surface area contributed by atoms with E-state index < -0.39 is 35.3 Å². The summed E-state index contributed by atoms with van der Waals surface area (Å²) >= 11 is 0. The number of hydrogen-bond acceptors (Lipinski definition) is 7. The van der Waals surface area contributed by atoms with Gasteiger partial charge in [0.2, 0.25) is 5.91 Å². The zero-order valence-electron chi connectivity index (χ0n) is 17.0. The Bertz CT molecular complexity index is 975. The van der Waals surface area contributed by atoms with Crippen LogP contribution in [-0.2, 0) is 19.1 Å². The summed E-state index contributed by atoms with van der Waals surface area (Å²) in [6, 6.07) is 7.79. The van der Waals surface area contributed by atoms with Gasteiger partial charge in [0.25, 0.3) is 0 Å². The molecular weight excluding hydrogens is 386 g/mol. The van der Waals surface area contributed by atoms with Crippen LogP contribution in [0.5, 0.6) is 5.75 Å². The van der Waals surface area contributed by atoms with Crippen LogP contribution in [-0.4, -0.2) is 48.9 Å². The molecule has 0 saturated carbocycles. The van der Waals surface area contributed by atoms with Crippen LogP contribution in [0.15, 0.2) is 48.2 Å². The number of ether oxygens (including phenoxy) is 2. The number of amides is 1. The van der Waals surface area contributed by atoms with Gasteiger partial charge in [-0.15, -0.1) is 0 Å². The average Bonchev–Trinajstić information content (AvgIpc) is 3.02. The number of allylic oxidation sites excluding steroid dienone is 2. The van der Waals surface area contributed by atoms with Gasteiger partial charge in [0.05, 0.1) is 26.3 Å². The van der Waals surface area contributed by atoms with Crippen molar-refractivity contribution < 1.29 is 23.9 Å². The lowest BCUT2D eigenvalue weighted by Gasteiger charge is -2.32. The highest BCUT2D eigenvalue weighted by Gasteiger charge is 2.64. The van der Waals surface area contributed by atoms with Gasteiger partial charge in [0.1, 0.15) is 5.75 Å². The smallest absolute Gasteiger partial charge is 0.329 e. The Hall–Kier alpha value is -3.60. The molecule has 30 heavy (non-hydrogen) atoms. The normalized spacial score (nSPS) is 26.9. The number of carbonyl (C=O) groups excluding carboxylic acids is 3. The standard InChI is InChI=1S/C22H23N3O5/c1-13(26)15-6-9-18-22(12-23,21(28)30-3)20(14-4-7-16(29-2)8-5-14)17(10-19(24)27)25(18)11-15/h4-9,11,17-18,20H,10H2,1-3H3,(H2,24,27). The molecule has 1 fully saturated rings. The van der Waals surface area contributed by atoms with Crippen molar-refractivity contribution in [2.75, 3.05) is 14.2 Å². The number of Topliss-reactive ketones (excluding diaryl/α,β-unsaturated/α-hetero) is 1. The van der Waals surface area contributed by atoms with E-state index in [-0.39, 0.29) is 12.2 Å². The molecule has 2 aliphatic rings. The van der Waals surface area contributed by atoms with Crippen molar-refractivity contribution in [3.63, 3.8) is 0 Å². The van der Waals surface area contributed by atoms with Gasteiger partial charge in [-0.25, -0.2) is 0 Å². The molecule has 0 bridgehead atoms. The number of carbonyl (C=O) groups is 3. The van der Waals surface area contributed by atoms with Crippen molar-refractivity contribution in [1.82, 2.24) is 4.90 Å². The summed E-state index contributed by atoms with van der Waals surface area (Å²) in [6.07, 6.45) is 4.73. The molecule has 0 aliphatic carbocycles. The third-order valence-corrected chi connectivity index (χ3v) is 5.79. The van der Waals surface area contributed by atoms with Crippen molar-refractivity contribution in [2.24, 2.45) is 11.1 Å². The highest BCUT2D eigenvalue weighted by Crippen LogP contribution is 2.54. The Morgan fingerprint density at radius 1 is 1.23 bits per heavy atom. The summed E-state index contributed by atoms with van der Waals surface area (Å²) in [4.78, 5) is 38.6. The Balaban J connectivity index is 2.25. The summed E-state index contributed by atoms with van der Waals surface area (Å²) in [6.45, 7) is 1.43. The number of primary amides is 1. The minimum Gasteiger partial charge on any atom is -0.497 e. The van der Waals surface area contributed by atoms with Gasteiger partial charge in [0, 0.05) is 30.2 Å². The minimum atomic E-state index is -1.64. The third-order valence-electron chi connectivity index (χ3n) is 5.79. The van der Waals surface area contributed by atoms with Gasteiger partial charge >= 0.3 is 5.97 Å². The first kappa shape index (κ1) is 21.1. The van der Waals surface area contributed by atoms with E-state index in [1.54, 1.807) is 47.5 Å². The quantitative estimate of drug-likeness (QED) is 0.705. The first-order chi connectivity index (χ1) is 14.3. The number of hydrogen-bond donors (Lipinski definition) is 1. The summed E-state index contributed by atoms with van der Waals surface area (Å²) in [5.41, 5.74) is 4.95. The largest absolute Gasteiger partial charge is 0.497 e. The number of rotatable bonds is 6. The molecule has 1 saturated heterocycles. The van der Waals surface area contributed by atoms with E-state index in [1.807, 2.05) is 0 Å². The first-order valence-electron chi connectivity index (χ1n) is 9.40. The lowest BCUT2D eigenvalue weighted by Crippen LogP contribution is -2.45. The van der Waals surface area contributed by atoms with Crippen molar-refractivity contribution >= 4 is 17.7 Å². The van der Waals surface area contributed by atoms with E-state index >= 15 is 0 Å². The second-order valence-corrected chi connectivity index (χ2v) is 7.35. The molecule has 0 aromatic heterocycles. The zero-order valence-corrected chi connectivity index (χ0v) is 17.0. The van der Waals surface area contributed by atoms with E-state index in [4.69, 9.17) is 15.2 Å². The lowest BCUT2D eigenvalue weighted by atomic mass is 9.68. The van der Waals surface area contributed by atoms with E-state index in [9.17, 15) is 19.6 Å². The highest BCUT2D eigenvalue weighted by molar-refractivity contribution is 5.96. The maximum absolute atomic E-state index is 13.0. The number of nitriles is 1. The number of benzene rings is 1. The van der Waals surface area contributed by atoms with E-state index in [1.165, 1.54) is 21.1 Å². The number of nitrogens with two attached hydrogens (primary N) is 1. The van der Waals surface area contributed by atoms with Crippen molar-refractivity contribution in [1.29, 1.82) is 5.26 Å².